The van der Waals surface area contributed by atoms with Gasteiger partial charge in [-0.05, 0) is 0 Å². The van der Waals surface area contributed by atoms with Gasteiger partial charge in [0, 0.05) is 0 Å². The van der Waals surface area contributed by atoms with Gasteiger partial charge in [-0.1, -0.05) is 0 Å². The Balaban J connectivity index is 0.00000111. The molecule has 1 aromatic heterocycles. The Hall–Kier alpha value is 1.04. The molecular formula is C54H108SSn2. The van der Waals surface area contributed by atoms with Gasteiger partial charge in [0.2, 0.25) is 0 Å². The second-order valence-corrected chi connectivity index (χ2v) is 47.3. The van der Waals surface area contributed by atoms with E-state index in [1.165, 1.54) is 231 Å². The molecule has 57 heavy (non-hydrogen) atoms. The van der Waals surface area contributed by atoms with Crippen LogP contribution in [-0.2, 0) is 0 Å². The summed E-state index contributed by atoms with van der Waals surface area (Å²) in [5.74, 6) is 0. The van der Waals surface area contributed by atoms with Crippen molar-refractivity contribution in [1.82, 2.24) is 0 Å². The van der Waals surface area contributed by atoms with E-state index in [0.29, 0.717) is 0 Å². The molecule has 0 spiro atoms. The van der Waals surface area contributed by atoms with Crippen molar-refractivity contribution in [3.63, 3.8) is 0 Å². The summed E-state index contributed by atoms with van der Waals surface area (Å²) >= 11 is -2.14. The fourth-order valence-electron chi connectivity index (χ4n) is 9.51. The molecule has 0 radical (unpaired) electrons. The molecule has 0 amide bonds. The average molecular weight is 1030 g/mol. The molecule has 0 N–H and O–H groups in total. The molecule has 0 aliphatic carbocycles. The van der Waals surface area contributed by atoms with Crippen LogP contribution in [0.5, 0.6) is 0 Å². The van der Waals surface area contributed by atoms with Gasteiger partial charge in [0.25, 0.3) is 0 Å². The third kappa shape index (κ3) is 34.2. The van der Waals surface area contributed by atoms with Crippen LogP contribution >= 0.6 is 11.3 Å². The number of thiophene rings is 1. The van der Waals surface area contributed by atoms with Crippen LogP contribution in [0.15, 0.2) is 28.2 Å². The Bertz CT molecular complexity index is 812. The van der Waals surface area contributed by atoms with Crippen LogP contribution in [0.4, 0.5) is 0 Å². The number of hydrogen-bond donors (Lipinski definition) is 0. The number of rotatable bonds is 44. The van der Waals surface area contributed by atoms with Crippen LogP contribution in [0, 0.1) is 0 Å². The van der Waals surface area contributed by atoms with E-state index < -0.39 is 36.8 Å². The van der Waals surface area contributed by atoms with Crippen LogP contribution < -0.4 is 2.89 Å². The fourth-order valence-corrected chi connectivity index (χ4v) is 40.5. The molecule has 0 aliphatic heterocycles. The summed E-state index contributed by atoms with van der Waals surface area (Å²) in [5, 5.41) is 2.38. The zero-order valence-electron chi connectivity index (χ0n) is 40.6. The van der Waals surface area contributed by atoms with Gasteiger partial charge in [-0.2, -0.15) is 0 Å². The van der Waals surface area contributed by atoms with E-state index in [0.717, 1.165) is 0 Å². The van der Waals surface area contributed by atoms with E-state index in [-0.39, 0.29) is 0 Å². The first-order valence-electron chi connectivity index (χ1n) is 26.7. The molecule has 0 unspecified atom stereocenters. The molecule has 0 aliphatic rings. The van der Waals surface area contributed by atoms with Crippen LogP contribution in [0.3, 0.4) is 0 Å². The van der Waals surface area contributed by atoms with Crippen molar-refractivity contribution in [3.8, 4) is 0 Å². The van der Waals surface area contributed by atoms with Crippen LogP contribution in [0.1, 0.15) is 273 Å². The normalized spacial score (nSPS) is 11.9. The molecule has 0 fully saturated rings. The topological polar surface area (TPSA) is 0 Å². The SMILES string of the molecule is C=[CH][Sn]([CH2]CCCCCCC)([CH2]CCCCCCC)[CH2]CCCCCCC.CCCCCCC[CH2][Sn]([CH2]CCCCCCC)([CH2]CCCCCCC)[c]1cccs1. The number of unbranched alkanes of at least 4 members (excludes halogenated alkanes) is 30. The van der Waals surface area contributed by atoms with Crippen molar-refractivity contribution in [2.24, 2.45) is 0 Å². The van der Waals surface area contributed by atoms with Gasteiger partial charge in [0.05, 0.1) is 0 Å². The Kier molecular flexibility index (Phi) is 45.9. The molecule has 0 bridgehead atoms. The predicted octanol–water partition coefficient (Wildman–Crippen LogP) is 20.7. The van der Waals surface area contributed by atoms with Crippen molar-refractivity contribution in [2.45, 2.75) is 299 Å². The molecule has 0 aromatic carbocycles. The Morgan fingerprint density at radius 1 is 0.368 bits per heavy atom. The summed E-state index contributed by atoms with van der Waals surface area (Å²) in [6.07, 6.45) is 52.5. The molecule has 3 heteroatoms. The average Bonchev–Trinajstić information content (AvgIpc) is 3.78. The Labute approximate surface area is 375 Å². The summed E-state index contributed by atoms with van der Waals surface area (Å²) in [5.41, 5.74) is 0. The Morgan fingerprint density at radius 3 is 0.842 bits per heavy atom. The van der Waals surface area contributed by atoms with Gasteiger partial charge in [-0.25, -0.2) is 0 Å². The van der Waals surface area contributed by atoms with Gasteiger partial charge >= 0.3 is 378 Å². The van der Waals surface area contributed by atoms with Crippen LogP contribution in [-0.4, -0.2) is 36.8 Å². The minimum absolute atomic E-state index is 1.37. The van der Waals surface area contributed by atoms with Crippen molar-refractivity contribution < 1.29 is 0 Å². The van der Waals surface area contributed by atoms with E-state index in [1.54, 1.807) is 26.6 Å². The molecule has 338 valence electrons. The van der Waals surface area contributed by atoms with E-state index in [2.05, 4.69) is 81.1 Å². The van der Waals surface area contributed by atoms with Gasteiger partial charge < -0.3 is 0 Å². The van der Waals surface area contributed by atoms with E-state index in [9.17, 15) is 0 Å². The van der Waals surface area contributed by atoms with Gasteiger partial charge in [-0.3, -0.25) is 0 Å². The Morgan fingerprint density at radius 2 is 0.614 bits per heavy atom. The molecule has 0 atom stereocenters. The zero-order chi connectivity index (χ0) is 41.8. The molecule has 0 nitrogen and oxygen atoms in total. The summed E-state index contributed by atoms with van der Waals surface area (Å²) in [4.78, 5) is 0. The summed E-state index contributed by atoms with van der Waals surface area (Å²) in [6, 6.07) is 4.92. The van der Waals surface area contributed by atoms with Gasteiger partial charge in [-0.15, -0.1) is 0 Å². The second kappa shape index (κ2) is 45.1. The summed E-state index contributed by atoms with van der Waals surface area (Å²) in [6.45, 7) is 18.4. The third-order valence-corrected chi connectivity index (χ3v) is 46.9. The first-order valence-corrected chi connectivity index (χ1v) is 42.8. The predicted molar refractivity (Wildman–Crippen MR) is 275 cm³/mol. The fraction of sp³-hybridized carbons (Fsp3) is 0.889. The standard InChI is InChI=1S/6C8H17.C4H3S.C2H3.2Sn/c6*1-3-5-7-8-6-4-2;1-2-4-5-3-1;1-2;;/h6*1,3-8H2,2H3;1-3H;1H,2H2;;. The van der Waals surface area contributed by atoms with E-state index in [4.69, 9.17) is 0 Å². The molecule has 1 rings (SSSR count). The van der Waals surface area contributed by atoms with E-state index in [1.807, 2.05) is 2.89 Å². The molecule has 0 saturated carbocycles. The summed E-state index contributed by atoms with van der Waals surface area (Å²) in [7, 11) is 0. The van der Waals surface area contributed by atoms with Crippen molar-refractivity contribution in [1.29, 1.82) is 0 Å². The van der Waals surface area contributed by atoms with Crippen molar-refractivity contribution in [2.75, 3.05) is 0 Å². The minimum atomic E-state index is -2.22. The van der Waals surface area contributed by atoms with Gasteiger partial charge in [0.1, 0.15) is 0 Å². The first kappa shape index (κ1) is 58.0. The molecule has 1 heterocycles. The quantitative estimate of drug-likeness (QED) is 0.0451. The van der Waals surface area contributed by atoms with Crippen molar-refractivity contribution in [3.05, 3.63) is 28.2 Å². The number of hydrogen-bond acceptors (Lipinski definition) is 1. The van der Waals surface area contributed by atoms with Gasteiger partial charge in [0.15, 0.2) is 0 Å². The zero-order valence-corrected chi connectivity index (χ0v) is 47.1. The molecule has 0 saturated heterocycles. The molecular weight excluding hydrogens is 918 g/mol. The van der Waals surface area contributed by atoms with E-state index >= 15 is 0 Å². The van der Waals surface area contributed by atoms with Crippen LogP contribution in [0.25, 0.3) is 0 Å². The summed E-state index contributed by atoms with van der Waals surface area (Å²) < 4.78 is 14.2. The van der Waals surface area contributed by atoms with Crippen molar-refractivity contribution >= 4 is 51.0 Å². The maximum atomic E-state index is 4.41. The first-order chi connectivity index (χ1) is 28.0. The monoisotopic (exact) mass is 1030 g/mol. The second-order valence-electron chi connectivity index (χ2n) is 18.9. The van der Waals surface area contributed by atoms with Crippen LogP contribution in [0.2, 0.25) is 26.6 Å². The maximum absolute atomic E-state index is 4.41. The third-order valence-electron chi connectivity index (χ3n) is 13.6. The molecule has 1 aromatic rings.